The number of rotatable bonds is 4. The van der Waals surface area contributed by atoms with Crippen LogP contribution in [-0.2, 0) is 10.1 Å². The Morgan fingerprint density at radius 2 is 1.45 bits per heavy atom. The molecule has 0 fully saturated rings. The van der Waals surface area contributed by atoms with E-state index >= 15 is 0 Å². The second-order valence-electron chi connectivity index (χ2n) is 3.95. The van der Waals surface area contributed by atoms with Gasteiger partial charge in [0.15, 0.2) is 0 Å². The predicted molar refractivity (Wildman–Crippen MR) is 77.1 cm³/mol. The van der Waals surface area contributed by atoms with E-state index in [-0.39, 0.29) is 116 Å². The molecule has 0 aromatic heterocycles. The van der Waals surface area contributed by atoms with Gasteiger partial charge in [-0.05, 0) is 18.6 Å². The number of nitrogens with zero attached hydrogens (tertiary/aromatic N) is 1. The molecule has 0 atom stereocenters. The number of imide groups is 1. The molecule has 0 aliphatic carbocycles. The molecule has 1 aliphatic heterocycles. The number of benzene rings is 1. The standard InChI is InChI=1S/C11H11NO5S.2K.2H/c13-10-8-4-1-2-5-9(8)11(14)12(10)6-3-7-18(15,16)17;;;;/h1-2,4-5H,3,6-7H2,(H,15,16,17);;;;. The zero-order valence-electron chi connectivity index (χ0n) is 9.37. The molecule has 0 bridgehead atoms. The second kappa shape index (κ2) is 8.99. The summed E-state index contributed by atoms with van der Waals surface area (Å²) in [5.41, 5.74) is 0.656. The summed E-state index contributed by atoms with van der Waals surface area (Å²) in [7, 11) is -4.07. The van der Waals surface area contributed by atoms with Gasteiger partial charge in [-0.1, -0.05) is 12.1 Å². The summed E-state index contributed by atoms with van der Waals surface area (Å²) >= 11 is 0. The van der Waals surface area contributed by atoms with Gasteiger partial charge >= 0.3 is 103 Å². The molecule has 1 aromatic rings. The van der Waals surface area contributed by atoms with E-state index in [4.69, 9.17) is 4.55 Å². The van der Waals surface area contributed by atoms with Gasteiger partial charge in [-0.2, -0.15) is 8.42 Å². The third-order valence-electron chi connectivity index (χ3n) is 2.66. The zero-order valence-corrected chi connectivity index (χ0v) is 10.2. The van der Waals surface area contributed by atoms with Gasteiger partial charge in [-0.25, -0.2) is 0 Å². The average Bonchev–Trinajstić information content (AvgIpc) is 2.53. The second-order valence-corrected chi connectivity index (χ2v) is 5.52. The molecule has 0 saturated heterocycles. The Morgan fingerprint density at radius 1 is 1.00 bits per heavy atom. The van der Waals surface area contributed by atoms with Crippen molar-refractivity contribution in [3.8, 4) is 0 Å². The van der Waals surface area contributed by atoms with Crippen LogP contribution in [0.2, 0.25) is 0 Å². The van der Waals surface area contributed by atoms with Gasteiger partial charge in [0.1, 0.15) is 0 Å². The summed E-state index contributed by atoms with van der Waals surface area (Å²) in [6.07, 6.45) is 0.0182. The van der Waals surface area contributed by atoms with Crippen LogP contribution in [-0.4, -0.2) is 145 Å². The topological polar surface area (TPSA) is 91.8 Å². The molecule has 0 spiro atoms. The predicted octanol–water partition coefficient (Wildman–Crippen LogP) is -0.737. The molecule has 100 valence electrons. The maximum atomic E-state index is 11.9. The van der Waals surface area contributed by atoms with Crippen molar-refractivity contribution in [3.63, 3.8) is 0 Å². The van der Waals surface area contributed by atoms with Crippen LogP contribution in [0.5, 0.6) is 0 Å². The number of amides is 2. The molecule has 1 aromatic carbocycles. The van der Waals surface area contributed by atoms with Crippen molar-refractivity contribution in [1.82, 2.24) is 4.90 Å². The van der Waals surface area contributed by atoms with Crippen LogP contribution in [0.15, 0.2) is 24.3 Å². The van der Waals surface area contributed by atoms with Gasteiger partial charge in [0.2, 0.25) is 0 Å². The molecule has 6 nitrogen and oxygen atoms in total. The van der Waals surface area contributed by atoms with Crippen molar-refractivity contribution in [3.05, 3.63) is 35.4 Å². The van der Waals surface area contributed by atoms with Gasteiger partial charge in [0, 0.05) is 6.54 Å². The SMILES string of the molecule is O=C1c2ccccc2C(=O)N1CCCS(=O)(=O)O.[KH].[KH]. The van der Waals surface area contributed by atoms with Crippen LogP contribution in [0.1, 0.15) is 27.1 Å². The summed E-state index contributed by atoms with van der Waals surface area (Å²) in [5.74, 6) is -1.32. The number of hydrogen-bond acceptors (Lipinski definition) is 4. The fourth-order valence-electron chi connectivity index (χ4n) is 1.85. The van der Waals surface area contributed by atoms with E-state index in [1.807, 2.05) is 0 Å². The van der Waals surface area contributed by atoms with Crippen LogP contribution in [0, 0.1) is 0 Å². The minimum atomic E-state index is -4.07. The molecule has 1 N–H and O–H groups in total. The molecule has 0 unspecified atom stereocenters. The Hall–Kier alpha value is 1.54. The van der Waals surface area contributed by atoms with Gasteiger partial charge in [0.05, 0.1) is 16.9 Å². The summed E-state index contributed by atoms with van der Waals surface area (Å²) in [4.78, 5) is 24.7. The van der Waals surface area contributed by atoms with Gasteiger partial charge in [-0.15, -0.1) is 0 Å². The van der Waals surface area contributed by atoms with Crippen LogP contribution < -0.4 is 0 Å². The molecule has 0 saturated carbocycles. The number of carbonyl (C=O) groups is 2. The average molecular weight is 349 g/mol. The molecular weight excluding hydrogens is 336 g/mol. The molecule has 1 aliphatic rings. The molecule has 20 heavy (non-hydrogen) atoms. The van der Waals surface area contributed by atoms with E-state index in [1.54, 1.807) is 24.3 Å². The van der Waals surface area contributed by atoms with Gasteiger partial charge < -0.3 is 0 Å². The third-order valence-corrected chi connectivity index (χ3v) is 3.47. The van der Waals surface area contributed by atoms with E-state index in [1.165, 1.54) is 0 Å². The van der Waals surface area contributed by atoms with Crippen LogP contribution in [0.25, 0.3) is 0 Å². The van der Waals surface area contributed by atoms with Crippen molar-refractivity contribution >= 4 is 125 Å². The first-order valence-corrected chi connectivity index (χ1v) is 6.91. The van der Waals surface area contributed by atoms with E-state index in [2.05, 4.69) is 0 Å². The quantitative estimate of drug-likeness (QED) is 0.439. The first-order valence-electron chi connectivity index (χ1n) is 5.30. The Kier molecular flexibility index (Phi) is 9.68. The van der Waals surface area contributed by atoms with E-state index < -0.39 is 27.7 Å². The summed E-state index contributed by atoms with van der Waals surface area (Å²) < 4.78 is 29.7. The number of hydrogen-bond donors (Lipinski definition) is 1. The molecular formula is C11H13K2NO5S. The van der Waals surface area contributed by atoms with Crippen molar-refractivity contribution in [1.29, 1.82) is 0 Å². The first-order chi connectivity index (χ1) is 8.40. The van der Waals surface area contributed by atoms with Gasteiger partial charge in [0.25, 0.3) is 21.9 Å². The van der Waals surface area contributed by atoms with Gasteiger partial charge in [-0.3, -0.25) is 19.0 Å². The Labute approximate surface area is 202 Å². The summed E-state index contributed by atoms with van der Waals surface area (Å²) in [6, 6.07) is 6.42. The van der Waals surface area contributed by atoms with Crippen molar-refractivity contribution in [2.24, 2.45) is 0 Å². The minimum absolute atomic E-state index is 0. The van der Waals surface area contributed by atoms with Crippen LogP contribution in [0.4, 0.5) is 0 Å². The Morgan fingerprint density at radius 3 is 1.85 bits per heavy atom. The summed E-state index contributed by atoms with van der Waals surface area (Å²) in [5, 5.41) is 0. The number of fused-ring (bicyclic) bond motifs is 1. The fourth-order valence-corrected chi connectivity index (χ4v) is 2.34. The molecule has 2 rings (SSSR count). The third kappa shape index (κ3) is 5.32. The van der Waals surface area contributed by atoms with Crippen LogP contribution >= 0.6 is 0 Å². The number of carbonyl (C=O) groups excluding carboxylic acids is 2. The Bertz CT molecular complexity index is 582. The fraction of sp³-hybridized carbons (Fsp3) is 0.273. The monoisotopic (exact) mass is 349 g/mol. The van der Waals surface area contributed by atoms with E-state index in [0.29, 0.717) is 11.1 Å². The molecule has 9 heteroatoms. The van der Waals surface area contributed by atoms with Crippen LogP contribution in [0.3, 0.4) is 0 Å². The maximum absolute atomic E-state index is 11.9. The van der Waals surface area contributed by atoms with Crippen molar-refractivity contribution < 1.29 is 22.6 Å². The van der Waals surface area contributed by atoms with Crippen molar-refractivity contribution in [2.75, 3.05) is 12.3 Å². The van der Waals surface area contributed by atoms with Crippen molar-refractivity contribution in [2.45, 2.75) is 6.42 Å². The Balaban J connectivity index is 0.00000180. The molecule has 1 heterocycles. The molecule has 2 amide bonds. The first kappa shape index (κ1) is 21.5. The van der Waals surface area contributed by atoms with E-state index in [9.17, 15) is 18.0 Å². The molecule has 0 radical (unpaired) electrons. The normalized spacial score (nSPS) is 13.6. The summed E-state index contributed by atoms with van der Waals surface area (Å²) in [6.45, 7) is -0.0217. The zero-order chi connectivity index (χ0) is 13.3. The van der Waals surface area contributed by atoms with E-state index in [0.717, 1.165) is 4.90 Å².